The second-order valence-corrected chi connectivity index (χ2v) is 6.78. The maximum Gasteiger partial charge on any atom is 0.416 e. The van der Waals surface area contributed by atoms with Crippen LogP contribution < -0.4 is 5.32 Å². The number of piperazine rings is 1. The molecular formula is C15H27F3N4O2. The average molecular weight is 352 g/mol. The van der Waals surface area contributed by atoms with Crippen LogP contribution in [0.15, 0.2) is 4.99 Å². The van der Waals surface area contributed by atoms with Crippen molar-refractivity contribution in [1.82, 2.24) is 15.1 Å². The summed E-state index contributed by atoms with van der Waals surface area (Å²) >= 11 is 0. The number of amides is 1. The molecule has 0 saturated carbocycles. The van der Waals surface area contributed by atoms with Gasteiger partial charge >= 0.3 is 6.18 Å². The summed E-state index contributed by atoms with van der Waals surface area (Å²) in [5, 5.41) is 12.0. The van der Waals surface area contributed by atoms with E-state index < -0.39 is 24.4 Å². The number of nitrogens with zero attached hydrogens (tertiary/aromatic N) is 3. The van der Waals surface area contributed by atoms with Crippen molar-refractivity contribution in [2.24, 2.45) is 4.99 Å². The quantitative estimate of drug-likeness (QED) is 0.589. The molecule has 6 nitrogen and oxygen atoms in total. The summed E-state index contributed by atoms with van der Waals surface area (Å²) in [6, 6.07) is 0.0289. The van der Waals surface area contributed by atoms with Crippen LogP contribution in [0.2, 0.25) is 0 Å². The first-order valence-corrected chi connectivity index (χ1v) is 8.00. The van der Waals surface area contributed by atoms with Crippen molar-refractivity contribution in [3.63, 3.8) is 0 Å². The predicted octanol–water partition coefficient (Wildman–Crippen LogP) is 1.21. The Bertz CT molecular complexity index is 478. The van der Waals surface area contributed by atoms with Crippen LogP contribution in [0, 0.1) is 0 Å². The van der Waals surface area contributed by atoms with Gasteiger partial charge in [-0.05, 0) is 34.6 Å². The zero-order valence-corrected chi connectivity index (χ0v) is 14.8. The lowest BCUT2D eigenvalue weighted by molar-refractivity contribution is -0.199. The molecule has 140 valence electrons. The van der Waals surface area contributed by atoms with E-state index in [1.807, 2.05) is 27.7 Å². The number of alkyl halides is 3. The minimum absolute atomic E-state index is 0.0289. The van der Waals surface area contributed by atoms with Gasteiger partial charge in [-0.2, -0.15) is 13.2 Å². The number of hydrogen-bond acceptors (Lipinski definition) is 3. The van der Waals surface area contributed by atoms with Gasteiger partial charge in [-0.25, -0.2) is 0 Å². The molecule has 1 heterocycles. The van der Waals surface area contributed by atoms with Crippen molar-refractivity contribution in [3.05, 3.63) is 0 Å². The van der Waals surface area contributed by atoms with Crippen LogP contribution in [0.4, 0.5) is 13.2 Å². The molecule has 1 rings (SSSR count). The van der Waals surface area contributed by atoms with Gasteiger partial charge in [0.2, 0.25) is 5.91 Å². The predicted molar refractivity (Wildman–Crippen MR) is 85.7 cm³/mol. The number of carbonyl (C=O) groups excluding carboxylic acids is 1. The normalized spacial score (nSPS) is 20.6. The Hall–Kier alpha value is -1.51. The summed E-state index contributed by atoms with van der Waals surface area (Å²) in [5.74, 6) is 0.0915. The summed E-state index contributed by atoms with van der Waals surface area (Å²) in [6.45, 7) is 9.57. The molecule has 1 aliphatic rings. The summed E-state index contributed by atoms with van der Waals surface area (Å²) in [4.78, 5) is 19.7. The van der Waals surface area contributed by atoms with Gasteiger partial charge in [0, 0.05) is 19.1 Å². The summed E-state index contributed by atoms with van der Waals surface area (Å²) in [7, 11) is 0. The smallest absolute Gasteiger partial charge is 0.382 e. The van der Waals surface area contributed by atoms with E-state index in [0.29, 0.717) is 13.1 Å². The molecule has 1 unspecified atom stereocenters. The van der Waals surface area contributed by atoms with E-state index in [1.54, 1.807) is 16.7 Å². The molecule has 1 amide bonds. The molecule has 9 heteroatoms. The molecule has 1 saturated heterocycles. The summed E-state index contributed by atoms with van der Waals surface area (Å²) in [5.41, 5.74) is -0.484. The van der Waals surface area contributed by atoms with Crippen molar-refractivity contribution in [2.75, 3.05) is 26.2 Å². The average Bonchev–Trinajstić information content (AvgIpc) is 2.39. The molecule has 0 aliphatic carbocycles. The van der Waals surface area contributed by atoms with Gasteiger partial charge in [0.1, 0.15) is 0 Å². The molecule has 0 bridgehead atoms. The number of aliphatic hydroxyl groups excluding tert-OH is 1. The zero-order chi connectivity index (χ0) is 18.7. The SMILES string of the molecule is CCNC(=NCC(O)C(F)(F)F)N1CC(=O)N(C(C)C)C(C)(C)C1. The number of aliphatic imine (C=N–C) groups is 1. The lowest BCUT2D eigenvalue weighted by Crippen LogP contribution is -2.66. The highest BCUT2D eigenvalue weighted by atomic mass is 19.4. The number of carbonyl (C=O) groups is 1. The first-order chi connectivity index (χ1) is 10.9. The number of aliphatic hydroxyl groups is 1. The minimum atomic E-state index is -4.72. The van der Waals surface area contributed by atoms with Crippen molar-refractivity contribution in [3.8, 4) is 0 Å². The van der Waals surface area contributed by atoms with Gasteiger partial charge in [0.05, 0.1) is 18.6 Å². The van der Waals surface area contributed by atoms with Crippen LogP contribution in [0.5, 0.6) is 0 Å². The van der Waals surface area contributed by atoms with Crippen molar-refractivity contribution >= 4 is 11.9 Å². The van der Waals surface area contributed by atoms with Gasteiger partial charge in [0.15, 0.2) is 12.1 Å². The molecule has 24 heavy (non-hydrogen) atoms. The molecule has 0 radical (unpaired) electrons. The fourth-order valence-electron chi connectivity index (χ4n) is 3.02. The van der Waals surface area contributed by atoms with Crippen molar-refractivity contribution in [2.45, 2.75) is 58.5 Å². The monoisotopic (exact) mass is 352 g/mol. The topological polar surface area (TPSA) is 68.2 Å². The molecule has 2 N–H and O–H groups in total. The van der Waals surface area contributed by atoms with Gasteiger partial charge in [-0.1, -0.05) is 0 Å². The Balaban J connectivity index is 2.96. The van der Waals surface area contributed by atoms with Crippen molar-refractivity contribution in [1.29, 1.82) is 0 Å². The lowest BCUT2D eigenvalue weighted by atomic mass is 9.96. The fraction of sp³-hybridized carbons (Fsp3) is 0.867. The highest BCUT2D eigenvalue weighted by Gasteiger charge is 2.41. The molecule has 1 aliphatic heterocycles. The van der Waals surface area contributed by atoms with Crippen LogP contribution >= 0.6 is 0 Å². The van der Waals surface area contributed by atoms with E-state index in [9.17, 15) is 18.0 Å². The first-order valence-electron chi connectivity index (χ1n) is 8.00. The fourth-order valence-corrected chi connectivity index (χ4v) is 3.02. The van der Waals surface area contributed by atoms with Crippen molar-refractivity contribution < 1.29 is 23.1 Å². The van der Waals surface area contributed by atoms with Gasteiger partial charge in [0.25, 0.3) is 0 Å². The highest BCUT2D eigenvalue weighted by molar-refractivity contribution is 5.88. The Labute approximate surface area is 140 Å². The van der Waals surface area contributed by atoms with Gasteiger partial charge in [-0.15, -0.1) is 0 Å². The molecule has 0 aromatic carbocycles. The molecule has 0 aromatic heterocycles. The molecule has 1 fully saturated rings. The number of nitrogens with one attached hydrogen (secondary N) is 1. The van der Waals surface area contributed by atoms with Crippen LogP contribution in [-0.4, -0.2) is 76.8 Å². The van der Waals surface area contributed by atoms with E-state index in [2.05, 4.69) is 10.3 Å². The Morgan fingerprint density at radius 1 is 1.42 bits per heavy atom. The van der Waals surface area contributed by atoms with E-state index >= 15 is 0 Å². The molecule has 1 atom stereocenters. The standard InChI is InChI=1S/C15H27F3N4O2/c1-6-19-13(20-7-11(23)15(16,17)18)21-8-12(24)22(10(2)3)14(4,5)9-21/h10-11,23H,6-9H2,1-5H3,(H,19,20). The maximum absolute atomic E-state index is 12.4. The number of guanidine groups is 1. The minimum Gasteiger partial charge on any atom is -0.382 e. The van der Waals surface area contributed by atoms with E-state index in [1.165, 1.54) is 0 Å². The molecular weight excluding hydrogens is 325 g/mol. The number of halogens is 3. The van der Waals surface area contributed by atoms with E-state index in [-0.39, 0.29) is 24.5 Å². The summed E-state index contributed by atoms with van der Waals surface area (Å²) in [6.07, 6.45) is -7.24. The highest BCUT2D eigenvalue weighted by Crippen LogP contribution is 2.25. The van der Waals surface area contributed by atoms with Gasteiger partial charge in [-0.3, -0.25) is 9.79 Å². The Kier molecular flexibility index (Phi) is 6.49. The van der Waals surface area contributed by atoms with Crippen LogP contribution in [0.1, 0.15) is 34.6 Å². The van der Waals surface area contributed by atoms with E-state index in [0.717, 1.165) is 0 Å². The van der Waals surface area contributed by atoms with Crippen LogP contribution in [0.3, 0.4) is 0 Å². The lowest BCUT2D eigenvalue weighted by Gasteiger charge is -2.49. The van der Waals surface area contributed by atoms with E-state index in [4.69, 9.17) is 5.11 Å². The maximum atomic E-state index is 12.4. The van der Waals surface area contributed by atoms with Crippen LogP contribution in [0.25, 0.3) is 0 Å². The molecule has 0 aromatic rings. The zero-order valence-electron chi connectivity index (χ0n) is 14.8. The second kappa shape index (κ2) is 7.58. The third-order valence-corrected chi connectivity index (χ3v) is 3.77. The largest absolute Gasteiger partial charge is 0.416 e. The van der Waals surface area contributed by atoms with Gasteiger partial charge < -0.3 is 20.2 Å². The summed E-state index contributed by atoms with van der Waals surface area (Å²) < 4.78 is 37.3. The number of rotatable bonds is 4. The third kappa shape index (κ3) is 4.99. The molecule has 0 spiro atoms. The first kappa shape index (κ1) is 20.5. The third-order valence-electron chi connectivity index (χ3n) is 3.77. The Morgan fingerprint density at radius 3 is 2.42 bits per heavy atom. The van der Waals surface area contributed by atoms with Crippen LogP contribution in [-0.2, 0) is 4.79 Å². The Morgan fingerprint density at radius 2 is 2.00 bits per heavy atom. The second-order valence-electron chi connectivity index (χ2n) is 6.78. The number of hydrogen-bond donors (Lipinski definition) is 2.